The lowest BCUT2D eigenvalue weighted by atomic mass is 10.2. The number of nitrogen functional groups attached to an aromatic ring is 1. The van der Waals surface area contributed by atoms with E-state index in [0.29, 0.717) is 11.6 Å². The van der Waals surface area contributed by atoms with E-state index in [1.54, 1.807) is 7.11 Å². The predicted molar refractivity (Wildman–Crippen MR) is 102 cm³/mol. The molecule has 0 spiro atoms. The van der Waals surface area contributed by atoms with Crippen LogP contribution in [0.4, 0.5) is 5.82 Å². The van der Waals surface area contributed by atoms with Gasteiger partial charge in [0.15, 0.2) is 5.82 Å². The van der Waals surface area contributed by atoms with Crippen molar-refractivity contribution in [3.63, 3.8) is 0 Å². The SMILES string of the molecule is COc1ccccc1.Nc1nc(-c2ccccc2)nc2ccccc12. The van der Waals surface area contributed by atoms with Crippen molar-refractivity contribution >= 4 is 16.7 Å². The van der Waals surface area contributed by atoms with Crippen LogP contribution in [0.3, 0.4) is 0 Å². The quantitative estimate of drug-likeness (QED) is 0.585. The van der Waals surface area contributed by atoms with Crippen LogP contribution in [0.5, 0.6) is 5.75 Å². The molecule has 0 unspecified atom stereocenters. The molecule has 0 aliphatic carbocycles. The van der Waals surface area contributed by atoms with Gasteiger partial charge in [0.1, 0.15) is 11.6 Å². The molecular weight excluding hydrogens is 310 g/mol. The molecule has 2 N–H and O–H groups in total. The second-order valence-electron chi connectivity index (χ2n) is 5.33. The third-order valence-corrected chi connectivity index (χ3v) is 3.64. The lowest BCUT2D eigenvalue weighted by Crippen LogP contribution is -1.97. The van der Waals surface area contributed by atoms with Crippen molar-refractivity contribution in [2.45, 2.75) is 0 Å². The van der Waals surface area contributed by atoms with Gasteiger partial charge in [0, 0.05) is 10.9 Å². The average Bonchev–Trinajstić information content (AvgIpc) is 2.70. The van der Waals surface area contributed by atoms with Crippen LogP contribution in [-0.4, -0.2) is 17.1 Å². The second-order valence-corrected chi connectivity index (χ2v) is 5.33. The minimum absolute atomic E-state index is 0.523. The van der Waals surface area contributed by atoms with E-state index in [1.165, 1.54) is 0 Å². The Morgan fingerprint density at radius 3 is 1.96 bits per heavy atom. The van der Waals surface area contributed by atoms with Gasteiger partial charge in [-0.1, -0.05) is 60.7 Å². The second kappa shape index (κ2) is 7.93. The number of ether oxygens (including phenoxy) is 1. The summed E-state index contributed by atoms with van der Waals surface area (Å²) in [6.07, 6.45) is 0. The van der Waals surface area contributed by atoms with Gasteiger partial charge in [-0.3, -0.25) is 0 Å². The van der Waals surface area contributed by atoms with Gasteiger partial charge in [-0.05, 0) is 24.3 Å². The zero-order chi connectivity index (χ0) is 17.5. The van der Waals surface area contributed by atoms with Gasteiger partial charge in [-0.2, -0.15) is 0 Å². The van der Waals surface area contributed by atoms with Crippen LogP contribution in [0, 0.1) is 0 Å². The van der Waals surface area contributed by atoms with E-state index in [1.807, 2.05) is 84.9 Å². The molecule has 0 aliphatic rings. The van der Waals surface area contributed by atoms with E-state index in [9.17, 15) is 0 Å². The number of hydrogen-bond acceptors (Lipinski definition) is 4. The molecule has 0 bridgehead atoms. The number of para-hydroxylation sites is 2. The highest BCUT2D eigenvalue weighted by Gasteiger charge is 2.05. The lowest BCUT2D eigenvalue weighted by molar-refractivity contribution is 0.415. The molecule has 0 saturated carbocycles. The Hall–Kier alpha value is -3.40. The van der Waals surface area contributed by atoms with Crippen molar-refractivity contribution in [2.24, 2.45) is 0 Å². The summed E-state index contributed by atoms with van der Waals surface area (Å²) >= 11 is 0. The minimum atomic E-state index is 0.523. The summed E-state index contributed by atoms with van der Waals surface area (Å²) in [7, 11) is 1.66. The molecule has 1 heterocycles. The third kappa shape index (κ3) is 4.12. The van der Waals surface area contributed by atoms with Gasteiger partial charge >= 0.3 is 0 Å². The molecular formula is C21H19N3O. The number of benzene rings is 3. The molecule has 0 saturated heterocycles. The number of nitrogens with zero attached hydrogens (tertiary/aromatic N) is 2. The van der Waals surface area contributed by atoms with Crippen LogP contribution in [0.25, 0.3) is 22.3 Å². The summed E-state index contributed by atoms with van der Waals surface area (Å²) in [5, 5.41) is 0.896. The number of fused-ring (bicyclic) bond motifs is 1. The molecule has 4 aromatic rings. The molecule has 0 amide bonds. The van der Waals surface area contributed by atoms with Crippen LogP contribution in [0.15, 0.2) is 84.9 Å². The van der Waals surface area contributed by atoms with Crippen LogP contribution in [0.1, 0.15) is 0 Å². The summed E-state index contributed by atoms with van der Waals surface area (Å²) in [5.74, 6) is 2.10. The summed E-state index contributed by atoms with van der Waals surface area (Å²) in [6, 6.07) is 27.3. The van der Waals surface area contributed by atoms with Crippen molar-refractivity contribution in [3.8, 4) is 17.1 Å². The number of methoxy groups -OCH3 is 1. The highest BCUT2D eigenvalue weighted by molar-refractivity contribution is 5.89. The highest BCUT2D eigenvalue weighted by Crippen LogP contribution is 2.22. The van der Waals surface area contributed by atoms with Crippen LogP contribution in [0.2, 0.25) is 0 Å². The number of aromatic nitrogens is 2. The molecule has 4 nitrogen and oxygen atoms in total. The zero-order valence-corrected chi connectivity index (χ0v) is 14.0. The Bertz CT molecular complexity index is 941. The Labute approximate surface area is 146 Å². The number of rotatable bonds is 2. The third-order valence-electron chi connectivity index (χ3n) is 3.64. The Kier molecular flexibility index (Phi) is 5.22. The molecule has 3 aromatic carbocycles. The predicted octanol–water partition coefficient (Wildman–Crippen LogP) is 4.57. The summed E-state index contributed by atoms with van der Waals surface area (Å²) < 4.78 is 4.91. The first kappa shape index (κ1) is 16.5. The fourth-order valence-electron chi connectivity index (χ4n) is 2.37. The lowest BCUT2D eigenvalue weighted by Gasteiger charge is -2.04. The van der Waals surface area contributed by atoms with Crippen molar-refractivity contribution in [2.75, 3.05) is 12.8 Å². The number of anilines is 1. The van der Waals surface area contributed by atoms with E-state index in [0.717, 1.165) is 22.2 Å². The van der Waals surface area contributed by atoms with E-state index >= 15 is 0 Å². The van der Waals surface area contributed by atoms with Crippen molar-refractivity contribution < 1.29 is 4.74 Å². The Morgan fingerprint density at radius 2 is 1.32 bits per heavy atom. The normalized spacial score (nSPS) is 9.96. The fourth-order valence-corrected chi connectivity index (χ4v) is 2.37. The summed E-state index contributed by atoms with van der Waals surface area (Å²) in [6.45, 7) is 0. The maximum absolute atomic E-state index is 5.94. The topological polar surface area (TPSA) is 61.0 Å². The van der Waals surface area contributed by atoms with Gasteiger partial charge in [0.25, 0.3) is 0 Å². The maximum atomic E-state index is 5.94. The van der Waals surface area contributed by atoms with Gasteiger partial charge in [0.2, 0.25) is 0 Å². The molecule has 25 heavy (non-hydrogen) atoms. The van der Waals surface area contributed by atoms with Crippen LogP contribution < -0.4 is 10.5 Å². The van der Waals surface area contributed by atoms with Crippen LogP contribution >= 0.6 is 0 Å². The minimum Gasteiger partial charge on any atom is -0.497 e. The largest absolute Gasteiger partial charge is 0.497 e. The average molecular weight is 329 g/mol. The highest BCUT2D eigenvalue weighted by atomic mass is 16.5. The van der Waals surface area contributed by atoms with Gasteiger partial charge in [-0.15, -0.1) is 0 Å². The first-order valence-corrected chi connectivity index (χ1v) is 7.94. The fraction of sp³-hybridized carbons (Fsp3) is 0.0476. The first-order valence-electron chi connectivity index (χ1n) is 7.94. The maximum Gasteiger partial charge on any atom is 0.162 e. The first-order chi connectivity index (χ1) is 12.3. The van der Waals surface area contributed by atoms with Crippen molar-refractivity contribution in [3.05, 3.63) is 84.9 Å². The zero-order valence-electron chi connectivity index (χ0n) is 14.0. The molecule has 4 heteroatoms. The summed E-state index contributed by atoms with van der Waals surface area (Å²) in [4.78, 5) is 8.85. The van der Waals surface area contributed by atoms with E-state index in [-0.39, 0.29) is 0 Å². The van der Waals surface area contributed by atoms with Gasteiger partial charge in [0.05, 0.1) is 12.6 Å². The summed E-state index contributed by atoms with van der Waals surface area (Å²) in [5.41, 5.74) is 7.79. The monoisotopic (exact) mass is 329 g/mol. The Morgan fingerprint density at radius 1 is 0.720 bits per heavy atom. The Balaban J connectivity index is 0.000000192. The van der Waals surface area contributed by atoms with E-state index in [2.05, 4.69) is 9.97 Å². The number of hydrogen-bond donors (Lipinski definition) is 1. The van der Waals surface area contributed by atoms with E-state index in [4.69, 9.17) is 10.5 Å². The van der Waals surface area contributed by atoms with Crippen molar-refractivity contribution in [1.82, 2.24) is 9.97 Å². The molecule has 4 rings (SSSR count). The molecule has 1 aromatic heterocycles. The molecule has 0 atom stereocenters. The molecule has 0 aliphatic heterocycles. The smallest absolute Gasteiger partial charge is 0.162 e. The molecule has 0 fully saturated rings. The molecule has 124 valence electrons. The van der Waals surface area contributed by atoms with Gasteiger partial charge < -0.3 is 10.5 Å². The standard InChI is InChI=1S/C14H11N3.C7H8O/c15-13-11-8-4-5-9-12(11)16-14(17-13)10-6-2-1-3-7-10;1-8-7-5-3-2-4-6-7/h1-9H,(H2,15,16,17);2-6H,1H3. The van der Waals surface area contributed by atoms with Crippen molar-refractivity contribution in [1.29, 1.82) is 0 Å². The van der Waals surface area contributed by atoms with Crippen LogP contribution in [-0.2, 0) is 0 Å². The number of nitrogens with two attached hydrogens (primary N) is 1. The van der Waals surface area contributed by atoms with E-state index < -0.39 is 0 Å². The molecule has 0 radical (unpaired) electrons. The van der Waals surface area contributed by atoms with Gasteiger partial charge in [-0.25, -0.2) is 9.97 Å².